The molecule has 0 N–H and O–H groups in total. The Labute approximate surface area is 103 Å². The van der Waals surface area contributed by atoms with Gasteiger partial charge >= 0.3 is 0 Å². The SMILES string of the molecule is CC(=N[N+](C)(C)C)c1ccccc1.[I-]. The fraction of sp³-hybridized carbons (Fsp3) is 0.364. The molecule has 0 radical (unpaired) electrons. The fourth-order valence-corrected chi connectivity index (χ4v) is 1.19. The van der Waals surface area contributed by atoms with Crippen molar-refractivity contribution < 1.29 is 28.6 Å². The topological polar surface area (TPSA) is 12.4 Å². The smallest absolute Gasteiger partial charge is 0.0999 e. The summed E-state index contributed by atoms with van der Waals surface area (Å²) in [6.07, 6.45) is 0. The Morgan fingerprint density at radius 1 is 1.07 bits per heavy atom. The van der Waals surface area contributed by atoms with Gasteiger partial charge in [0, 0.05) is 5.56 Å². The number of hydrogen-bond acceptors (Lipinski definition) is 1. The van der Waals surface area contributed by atoms with Crippen LogP contribution in [0.15, 0.2) is 35.4 Å². The van der Waals surface area contributed by atoms with E-state index in [4.69, 9.17) is 0 Å². The van der Waals surface area contributed by atoms with Gasteiger partial charge in [0.05, 0.1) is 26.9 Å². The van der Waals surface area contributed by atoms with E-state index in [1.165, 1.54) is 5.56 Å². The minimum absolute atomic E-state index is 0. The molecule has 1 rings (SSSR count). The zero-order valence-corrected chi connectivity index (χ0v) is 11.3. The van der Waals surface area contributed by atoms with Gasteiger partial charge in [-0.05, 0) is 6.92 Å². The molecule has 2 nitrogen and oxygen atoms in total. The van der Waals surface area contributed by atoms with E-state index in [9.17, 15) is 0 Å². The Morgan fingerprint density at radius 2 is 1.57 bits per heavy atom. The van der Waals surface area contributed by atoms with Crippen molar-refractivity contribution in [1.82, 2.24) is 0 Å². The molecule has 1 aromatic rings. The molecule has 0 atom stereocenters. The third-order valence-corrected chi connectivity index (χ3v) is 1.64. The molecule has 3 heteroatoms. The van der Waals surface area contributed by atoms with Crippen LogP contribution in [0.25, 0.3) is 0 Å². The van der Waals surface area contributed by atoms with Crippen molar-refractivity contribution in [1.29, 1.82) is 0 Å². The van der Waals surface area contributed by atoms with Crippen molar-refractivity contribution in [2.24, 2.45) is 5.10 Å². The first-order valence-electron chi connectivity index (χ1n) is 4.43. The van der Waals surface area contributed by atoms with Gasteiger partial charge in [0.1, 0.15) is 0 Å². The van der Waals surface area contributed by atoms with E-state index >= 15 is 0 Å². The molecular formula is C11H17IN2. The number of halogens is 1. The summed E-state index contributed by atoms with van der Waals surface area (Å²) in [7, 11) is 6.14. The summed E-state index contributed by atoms with van der Waals surface area (Å²) in [6.45, 7) is 2.04. The molecule has 78 valence electrons. The third-order valence-electron chi connectivity index (χ3n) is 1.64. The molecule has 0 aliphatic rings. The number of nitrogens with zero attached hydrogens (tertiary/aromatic N) is 2. The molecule has 0 heterocycles. The van der Waals surface area contributed by atoms with E-state index in [2.05, 4.69) is 17.2 Å². The second kappa shape index (κ2) is 5.46. The molecule has 0 saturated heterocycles. The number of rotatable bonds is 2. The van der Waals surface area contributed by atoms with Gasteiger partial charge in [-0.2, -0.15) is 0 Å². The summed E-state index contributed by atoms with van der Waals surface area (Å²) >= 11 is 0. The zero-order chi connectivity index (χ0) is 9.90. The van der Waals surface area contributed by atoms with Gasteiger partial charge in [-0.1, -0.05) is 35.4 Å². The lowest BCUT2D eigenvalue weighted by molar-refractivity contribution is -0.877. The average Bonchev–Trinajstić information content (AvgIpc) is 2.03. The number of quaternary nitrogens is 1. The van der Waals surface area contributed by atoms with Crippen LogP contribution < -0.4 is 24.0 Å². The first-order chi connectivity index (χ1) is 5.99. The van der Waals surface area contributed by atoms with Gasteiger partial charge in [0.15, 0.2) is 0 Å². The molecule has 0 bridgehead atoms. The van der Waals surface area contributed by atoms with Crippen molar-refractivity contribution in [3.63, 3.8) is 0 Å². The number of benzene rings is 1. The standard InChI is InChI=1S/C11H17N2.HI/c1-10(12-13(2,3)4)11-8-6-5-7-9-11;/h5-9H,1-4H3;1H/q+1;/p-1. The van der Waals surface area contributed by atoms with Crippen molar-refractivity contribution in [3.05, 3.63) is 35.9 Å². The lowest BCUT2D eigenvalue weighted by Gasteiger charge is -2.16. The van der Waals surface area contributed by atoms with Gasteiger partial charge < -0.3 is 24.0 Å². The Balaban J connectivity index is 0.00000169. The minimum Gasteiger partial charge on any atom is -1.00 e. The Kier molecular flexibility index (Phi) is 5.29. The van der Waals surface area contributed by atoms with Gasteiger partial charge in [0.25, 0.3) is 0 Å². The fourth-order valence-electron chi connectivity index (χ4n) is 1.19. The van der Waals surface area contributed by atoms with Crippen LogP contribution in [0.1, 0.15) is 12.5 Å². The van der Waals surface area contributed by atoms with E-state index in [1.54, 1.807) is 0 Å². The highest BCUT2D eigenvalue weighted by Gasteiger charge is 2.06. The first kappa shape index (κ1) is 13.6. The van der Waals surface area contributed by atoms with Crippen LogP contribution in [0.4, 0.5) is 0 Å². The zero-order valence-electron chi connectivity index (χ0n) is 9.16. The third kappa shape index (κ3) is 4.72. The summed E-state index contributed by atoms with van der Waals surface area (Å²) in [5.41, 5.74) is 2.27. The molecule has 0 aliphatic heterocycles. The van der Waals surface area contributed by atoms with Gasteiger partial charge in [0.2, 0.25) is 0 Å². The molecule has 14 heavy (non-hydrogen) atoms. The van der Waals surface area contributed by atoms with Crippen LogP contribution in [0.3, 0.4) is 0 Å². The maximum Gasteiger partial charge on any atom is 0.0999 e. The van der Waals surface area contributed by atoms with Crippen LogP contribution in [0, 0.1) is 0 Å². The van der Waals surface area contributed by atoms with E-state index in [1.807, 2.05) is 46.3 Å². The molecule has 0 amide bonds. The predicted molar refractivity (Wildman–Crippen MR) is 56.7 cm³/mol. The van der Waals surface area contributed by atoms with Crippen LogP contribution in [-0.2, 0) is 0 Å². The van der Waals surface area contributed by atoms with Crippen LogP contribution in [0.2, 0.25) is 0 Å². The first-order valence-corrected chi connectivity index (χ1v) is 4.43. The summed E-state index contributed by atoms with van der Waals surface area (Å²) in [4.78, 5) is 0. The molecule has 0 spiro atoms. The lowest BCUT2D eigenvalue weighted by Crippen LogP contribution is -3.00. The number of hydrogen-bond donors (Lipinski definition) is 0. The van der Waals surface area contributed by atoms with E-state index < -0.39 is 0 Å². The molecule has 0 saturated carbocycles. The highest BCUT2D eigenvalue weighted by atomic mass is 127. The van der Waals surface area contributed by atoms with E-state index in [0.717, 1.165) is 5.71 Å². The molecule has 1 aromatic carbocycles. The van der Waals surface area contributed by atoms with Crippen molar-refractivity contribution in [2.45, 2.75) is 6.92 Å². The van der Waals surface area contributed by atoms with Gasteiger partial charge in [-0.15, -0.1) is 0 Å². The maximum atomic E-state index is 4.53. The van der Waals surface area contributed by atoms with Crippen molar-refractivity contribution >= 4 is 5.71 Å². The molecule has 0 aliphatic carbocycles. The van der Waals surface area contributed by atoms with Crippen molar-refractivity contribution in [2.75, 3.05) is 21.1 Å². The van der Waals surface area contributed by atoms with Crippen LogP contribution >= 0.6 is 0 Å². The van der Waals surface area contributed by atoms with Crippen LogP contribution in [0.5, 0.6) is 0 Å². The minimum atomic E-state index is 0. The summed E-state index contributed by atoms with van der Waals surface area (Å²) in [5, 5.41) is 4.53. The average molecular weight is 304 g/mol. The predicted octanol–water partition coefficient (Wildman–Crippen LogP) is -0.879. The lowest BCUT2D eigenvalue weighted by atomic mass is 10.1. The second-order valence-corrected chi connectivity index (χ2v) is 3.99. The van der Waals surface area contributed by atoms with Crippen LogP contribution in [-0.4, -0.2) is 31.4 Å². The molecule has 0 unspecified atom stereocenters. The van der Waals surface area contributed by atoms with E-state index in [0.29, 0.717) is 4.59 Å². The highest BCUT2D eigenvalue weighted by molar-refractivity contribution is 5.98. The summed E-state index contributed by atoms with van der Waals surface area (Å²) in [6, 6.07) is 10.2. The van der Waals surface area contributed by atoms with E-state index in [-0.39, 0.29) is 24.0 Å². The Morgan fingerprint density at radius 3 is 2.00 bits per heavy atom. The molecule has 0 fully saturated rings. The molecular weight excluding hydrogens is 287 g/mol. The quantitative estimate of drug-likeness (QED) is 0.291. The van der Waals surface area contributed by atoms with Gasteiger partial charge in [-0.3, -0.25) is 0 Å². The Bertz CT molecular complexity index is 299. The monoisotopic (exact) mass is 304 g/mol. The van der Waals surface area contributed by atoms with Gasteiger partial charge in [-0.25, -0.2) is 4.59 Å². The maximum absolute atomic E-state index is 4.53. The molecule has 0 aromatic heterocycles. The largest absolute Gasteiger partial charge is 1.00 e. The Hall–Kier alpha value is -0.420. The normalized spacial score (nSPS) is 12.1. The summed E-state index contributed by atoms with van der Waals surface area (Å²) in [5.74, 6) is 0. The van der Waals surface area contributed by atoms with Crippen molar-refractivity contribution in [3.8, 4) is 0 Å². The highest BCUT2D eigenvalue weighted by Crippen LogP contribution is 2.03. The summed E-state index contributed by atoms with van der Waals surface area (Å²) < 4.78 is 0.612. The second-order valence-electron chi connectivity index (χ2n) is 3.99.